The van der Waals surface area contributed by atoms with E-state index in [1.807, 2.05) is 0 Å². The molecule has 0 radical (unpaired) electrons. The number of rotatable bonds is 3. The molecule has 1 unspecified atom stereocenters. The Balaban J connectivity index is 2.11. The number of hydrogen-bond donors (Lipinski definition) is 1. The van der Waals surface area contributed by atoms with Crippen molar-refractivity contribution in [2.75, 3.05) is 5.32 Å². The molecule has 1 fully saturated rings. The first-order chi connectivity index (χ1) is 8.49. The van der Waals surface area contributed by atoms with Crippen LogP contribution in [0.5, 0.6) is 0 Å². The summed E-state index contributed by atoms with van der Waals surface area (Å²) in [6.45, 7) is 9.31. The topological polar surface area (TPSA) is 12.0 Å². The van der Waals surface area contributed by atoms with Crippen LogP contribution in [0.4, 0.5) is 5.69 Å². The average Bonchev–Trinajstić information content (AvgIpc) is 2.32. The average molecular weight is 245 g/mol. The van der Waals surface area contributed by atoms with Gasteiger partial charge in [-0.15, -0.1) is 0 Å². The van der Waals surface area contributed by atoms with Gasteiger partial charge in [0.2, 0.25) is 0 Å². The van der Waals surface area contributed by atoms with Crippen molar-refractivity contribution >= 4 is 5.69 Å². The lowest BCUT2D eigenvalue weighted by molar-refractivity contribution is 0.217. The molecule has 1 aliphatic rings. The summed E-state index contributed by atoms with van der Waals surface area (Å²) in [7, 11) is 0. The van der Waals surface area contributed by atoms with Crippen LogP contribution in [0.3, 0.4) is 0 Å². The van der Waals surface area contributed by atoms with E-state index in [0.29, 0.717) is 17.4 Å². The molecule has 1 saturated carbocycles. The van der Waals surface area contributed by atoms with Crippen LogP contribution in [0.25, 0.3) is 0 Å². The molecule has 0 heterocycles. The number of benzene rings is 1. The summed E-state index contributed by atoms with van der Waals surface area (Å²) < 4.78 is 0. The van der Waals surface area contributed by atoms with E-state index in [2.05, 4.69) is 57.3 Å². The van der Waals surface area contributed by atoms with Crippen molar-refractivity contribution < 1.29 is 0 Å². The molecule has 0 spiro atoms. The Morgan fingerprint density at radius 3 is 2.67 bits per heavy atom. The molecule has 1 nitrogen and oxygen atoms in total. The van der Waals surface area contributed by atoms with Gasteiger partial charge in [-0.2, -0.15) is 0 Å². The van der Waals surface area contributed by atoms with E-state index >= 15 is 0 Å². The Morgan fingerprint density at radius 1 is 1.22 bits per heavy atom. The summed E-state index contributed by atoms with van der Waals surface area (Å²) in [5, 5.41) is 3.77. The van der Waals surface area contributed by atoms with Crippen molar-refractivity contribution in [1.82, 2.24) is 0 Å². The Labute approximate surface area is 112 Å². The lowest BCUT2D eigenvalue weighted by atomic mass is 9.73. The van der Waals surface area contributed by atoms with E-state index in [1.54, 1.807) is 0 Å². The molecule has 1 aliphatic carbocycles. The molecule has 1 atom stereocenters. The summed E-state index contributed by atoms with van der Waals surface area (Å²) in [6, 6.07) is 9.54. The van der Waals surface area contributed by atoms with E-state index in [9.17, 15) is 0 Å². The molecule has 1 N–H and O–H groups in total. The molecule has 1 heteroatoms. The lowest BCUT2D eigenvalue weighted by Crippen LogP contribution is -2.38. The lowest BCUT2D eigenvalue weighted by Gasteiger charge is -2.39. The third-order valence-electron chi connectivity index (χ3n) is 4.40. The first kappa shape index (κ1) is 13.5. The van der Waals surface area contributed by atoms with E-state index in [0.717, 1.165) is 0 Å². The third-order valence-corrected chi connectivity index (χ3v) is 4.40. The summed E-state index contributed by atoms with van der Waals surface area (Å²) in [4.78, 5) is 0. The van der Waals surface area contributed by atoms with Gasteiger partial charge < -0.3 is 5.32 Å². The van der Waals surface area contributed by atoms with Crippen molar-refractivity contribution in [2.45, 2.75) is 65.3 Å². The highest BCUT2D eigenvalue weighted by Crippen LogP contribution is 2.37. The zero-order valence-electron chi connectivity index (χ0n) is 12.3. The zero-order valence-corrected chi connectivity index (χ0v) is 12.3. The molecule has 0 amide bonds. The first-order valence-electron chi connectivity index (χ1n) is 7.35. The Morgan fingerprint density at radius 2 is 2.00 bits per heavy atom. The minimum absolute atomic E-state index is 0.423. The van der Waals surface area contributed by atoms with Crippen LogP contribution >= 0.6 is 0 Å². The zero-order chi connectivity index (χ0) is 13.2. The maximum absolute atomic E-state index is 3.77. The van der Waals surface area contributed by atoms with Crippen LogP contribution < -0.4 is 5.32 Å². The molecule has 1 aromatic rings. The van der Waals surface area contributed by atoms with Crippen molar-refractivity contribution in [1.29, 1.82) is 0 Å². The second kappa shape index (κ2) is 5.34. The van der Waals surface area contributed by atoms with Crippen LogP contribution in [0, 0.1) is 5.41 Å². The van der Waals surface area contributed by atoms with Crippen LogP contribution in [0.2, 0.25) is 0 Å². The Hall–Kier alpha value is -0.980. The van der Waals surface area contributed by atoms with E-state index in [4.69, 9.17) is 0 Å². The van der Waals surface area contributed by atoms with E-state index < -0.39 is 0 Å². The van der Waals surface area contributed by atoms with Gasteiger partial charge in [0.1, 0.15) is 0 Å². The highest BCUT2D eigenvalue weighted by atomic mass is 14.9. The first-order valence-corrected chi connectivity index (χ1v) is 7.35. The fourth-order valence-corrected chi connectivity index (χ4v) is 2.95. The molecule has 0 aromatic heterocycles. The van der Waals surface area contributed by atoms with Crippen LogP contribution in [-0.4, -0.2) is 6.04 Å². The molecule has 18 heavy (non-hydrogen) atoms. The summed E-state index contributed by atoms with van der Waals surface area (Å²) in [6.07, 6.45) is 5.40. The molecule has 2 rings (SSSR count). The predicted octanol–water partition coefficient (Wildman–Crippen LogP) is 5.19. The van der Waals surface area contributed by atoms with Gasteiger partial charge in [-0.1, -0.05) is 52.7 Å². The van der Waals surface area contributed by atoms with Gasteiger partial charge in [0, 0.05) is 11.7 Å². The van der Waals surface area contributed by atoms with Gasteiger partial charge in [-0.3, -0.25) is 0 Å². The van der Waals surface area contributed by atoms with Gasteiger partial charge >= 0.3 is 0 Å². The highest BCUT2D eigenvalue weighted by Gasteiger charge is 2.31. The van der Waals surface area contributed by atoms with Crippen molar-refractivity contribution in [3.8, 4) is 0 Å². The molecule has 1 aromatic carbocycles. The van der Waals surface area contributed by atoms with Gasteiger partial charge in [-0.25, -0.2) is 0 Å². The minimum atomic E-state index is 0.423. The second-order valence-electron chi connectivity index (χ2n) is 6.71. The van der Waals surface area contributed by atoms with Crippen molar-refractivity contribution in [3.63, 3.8) is 0 Å². The number of nitrogens with one attached hydrogen (secondary N) is 1. The second-order valence-corrected chi connectivity index (χ2v) is 6.71. The fourth-order valence-electron chi connectivity index (χ4n) is 2.95. The smallest absolute Gasteiger partial charge is 0.0345 e. The van der Waals surface area contributed by atoms with Gasteiger partial charge in [0.15, 0.2) is 0 Å². The fraction of sp³-hybridized carbons (Fsp3) is 0.647. The molecule has 0 aliphatic heterocycles. The van der Waals surface area contributed by atoms with Crippen LogP contribution in [-0.2, 0) is 0 Å². The largest absolute Gasteiger partial charge is 0.382 e. The van der Waals surface area contributed by atoms with Crippen molar-refractivity contribution in [3.05, 3.63) is 29.8 Å². The SMILES string of the molecule is CC(C)c1cccc(NC2CCCCC2(C)C)c1. The summed E-state index contributed by atoms with van der Waals surface area (Å²) in [5.41, 5.74) is 3.14. The summed E-state index contributed by atoms with van der Waals surface area (Å²) >= 11 is 0. The maximum atomic E-state index is 3.77. The normalized spacial score (nSPS) is 23.1. The molecular formula is C17H27N. The third kappa shape index (κ3) is 3.07. The minimum Gasteiger partial charge on any atom is -0.382 e. The monoisotopic (exact) mass is 245 g/mol. The van der Waals surface area contributed by atoms with Crippen LogP contribution in [0.15, 0.2) is 24.3 Å². The molecule has 0 bridgehead atoms. The predicted molar refractivity (Wildman–Crippen MR) is 80.2 cm³/mol. The Kier molecular flexibility index (Phi) is 3.99. The van der Waals surface area contributed by atoms with Gasteiger partial charge in [-0.05, 0) is 41.9 Å². The number of anilines is 1. The summed E-state index contributed by atoms with van der Waals surface area (Å²) in [5.74, 6) is 0.603. The quantitative estimate of drug-likeness (QED) is 0.772. The molecule has 100 valence electrons. The van der Waals surface area contributed by atoms with E-state index in [1.165, 1.54) is 36.9 Å². The number of hydrogen-bond acceptors (Lipinski definition) is 1. The maximum Gasteiger partial charge on any atom is 0.0345 e. The Bertz CT molecular complexity index is 392. The molecule has 0 saturated heterocycles. The van der Waals surface area contributed by atoms with Crippen LogP contribution in [0.1, 0.15) is 64.9 Å². The van der Waals surface area contributed by atoms with E-state index in [-0.39, 0.29) is 0 Å². The van der Waals surface area contributed by atoms with Gasteiger partial charge in [0.25, 0.3) is 0 Å². The standard InChI is InChI=1S/C17H27N/c1-13(2)14-8-7-9-15(12-14)18-16-10-5-6-11-17(16,3)4/h7-9,12-13,16,18H,5-6,10-11H2,1-4H3. The van der Waals surface area contributed by atoms with Crippen molar-refractivity contribution in [2.24, 2.45) is 5.41 Å². The highest BCUT2D eigenvalue weighted by molar-refractivity contribution is 5.47. The van der Waals surface area contributed by atoms with Gasteiger partial charge in [0.05, 0.1) is 0 Å². The molecular weight excluding hydrogens is 218 g/mol.